The Morgan fingerprint density at radius 3 is 2.78 bits per heavy atom. The van der Waals surface area contributed by atoms with E-state index in [0.29, 0.717) is 12.5 Å². The van der Waals surface area contributed by atoms with E-state index in [9.17, 15) is 29.2 Å². The highest BCUT2D eigenvalue weighted by atomic mass is 19.1. The number of nitro benzene ring substituents is 1. The number of fused-ring (bicyclic) bond motifs is 1. The first kappa shape index (κ1) is 15.4. The van der Waals surface area contributed by atoms with Gasteiger partial charge in [-0.25, -0.2) is 4.39 Å². The zero-order valence-electron chi connectivity index (χ0n) is 12.2. The van der Waals surface area contributed by atoms with Crippen LogP contribution in [0.25, 0.3) is 0 Å². The molecule has 0 aromatic heterocycles. The van der Waals surface area contributed by atoms with Gasteiger partial charge < -0.3 is 10.0 Å². The Balaban J connectivity index is 1.91. The highest BCUT2D eigenvalue weighted by Crippen LogP contribution is 2.49. The van der Waals surface area contributed by atoms with Gasteiger partial charge in [-0.1, -0.05) is 6.42 Å². The number of amides is 1. The lowest BCUT2D eigenvalue weighted by molar-refractivity contribution is -0.385. The number of rotatable bonds is 3. The highest BCUT2D eigenvalue weighted by molar-refractivity contribution is 5.98. The fourth-order valence-electron chi connectivity index (χ4n) is 3.80. The molecule has 2 aliphatic rings. The normalized spacial score (nSPS) is 26.1. The molecule has 8 heteroatoms. The SMILES string of the molecule is O=C(c1ccc(F)cc1[N+](=O)[O-])N1C[C@@H]2CCC[C@@]2(C(=O)O)C1. The maximum atomic E-state index is 13.2. The third-order valence-electron chi connectivity index (χ3n) is 4.97. The molecule has 3 rings (SSSR count). The van der Waals surface area contributed by atoms with Gasteiger partial charge >= 0.3 is 5.97 Å². The molecule has 1 heterocycles. The molecule has 7 nitrogen and oxygen atoms in total. The summed E-state index contributed by atoms with van der Waals surface area (Å²) in [7, 11) is 0. The van der Waals surface area contributed by atoms with E-state index in [1.54, 1.807) is 0 Å². The van der Waals surface area contributed by atoms with Gasteiger partial charge in [-0.2, -0.15) is 0 Å². The van der Waals surface area contributed by atoms with Gasteiger partial charge in [0.1, 0.15) is 11.4 Å². The second kappa shape index (κ2) is 5.29. The molecule has 1 aromatic rings. The summed E-state index contributed by atoms with van der Waals surface area (Å²) < 4.78 is 13.2. The molecule has 122 valence electrons. The van der Waals surface area contributed by atoms with Crippen LogP contribution in [0.2, 0.25) is 0 Å². The van der Waals surface area contributed by atoms with E-state index >= 15 is 0 Å². The minimum Gasteiger partial charge on any atom is -0.481 e. The number of carboxylic acids is 1. The van der Waals surface area contributed by atoms with E-state index < -0.39 is 33.7 Å². The predicted octanol–water partition coefficient (Wildman–Crippen LogP) is 2.06. The molecule has 1 saturated carbocycles. The van der Waals surface area contributed by atoms with Crippen LogP contribution in [0.15, 0.2) is 18.2 Å². The van der Waals surface area contributed by atoms with Crippen LogP contribution in [0.5, 0.6) is 0 Å². The number of aliphatic carboxylic acids is 1. The number of hydrogen-bond acceptors (Lipinski definition) is 4. The number of carboxylic acid groups (broad SMARTS) is 1. The molecule has 2 fully saturated rings. The lowest BCUT2D eigenvalue weighted by Crippen LogP contribution is -2.37. The zero-order chi connectivity index (χ0) is 16.8. The molecule has 1 aliphatic heterocycles. The molecule has 0 spiro atoms. The third kappa shape index (κ3) is 2.34. The summed E-state index contributed by atoms with van der Waals surface area (Å²) in [5.74, 6) is -2.48. The van der Waals surface area contributed by atoms with Crippen LogP contribution < -0.4 is 0 Å². The van der Waals surface area contributed by atoms with Gasteiger partial charge in [0.2, 0.25) is 0 Å². The van der Waals surface area contributed by atoms with Crippen LogP contribution in [0.4, 0.5) is 10.1 Å². The minimum atomic E-state index is -0.954. The van der Waals surface area contributed by atoms with Gasteiger partial charge in [0.15, 0.2) is 0 Å². The van der Waals surface area contributed by atoms with Crippen LogP contribution in [0, 0.1) is 27.3 Å². The molecule has 2 atom stereocenters. The van der Waals surface area contributed by atoms with E-state index in [1.165, 1.54) is 4.90 Å². The van der Waals surface area contributed by atoms with Gasteiger partial charge in [-0.05, 0) is 30.9 Å². The van der Waals surface area contributed by atoms with Crippen LogP contribution >= 0.6 is 0 Å². The standard InChI is InChI=1S/C15H15FN2O5/c16-10-3-4-11(12(6-10)18(22)23)13(19)17-7-9-2-1-5-15(9,8-17)14(20)21/h3-4,6,9H,1-2,5,7-8H2,(H,20,21)/t9-,15+/m0/s1. The van der Waals surface area contributed by atoms with Crippen molar-refractivity contribution in [3.8, 4) is 0 Å². The smallest absolute Gasteiger partial charge is 0.311 e. The lowest BCUT2D eigenvalue weighted by Gasteiger charge is -2.23. The van der Waals surface area contributed by atoms with Crippen LogP contribution in [-0.4, -0.2) is 39.9 Å². The van der Waals surface area contributed by atoms with Crippen LogP contribution in [0.3, 0.4) is 0 Å². The molecule has 0 radical (unpaired) electrons. The Morgan fingerprint density at radius 1 is 1.43 bits per heavy atom. The second-order valence-electron chi connectivity index (χ2n) is 6.15. The van der Waals surface area contributed by atoms with Crippen molar-refractivity contribution in [1.29, 1.82) is 0 Å². The van der Waals surface area contributed by atoms with Crippen LogP contribution in [0.1, 0.15) is 29.6 Å². The Kier molecular flexibility index (Phi) is 3.54. The number of nitrogens with zero attached hydrogens (tertiary/aromatic N) is 2. The average molecular weight is 322 g/mol. The van der Waals surface area contributed by atoms with E-state index in [2.05, 4.69) is 0 Å². The molecule has 1 aromatic carbocycles. The molecule has 0 bridgehead atoms. The number of likely N-dealkylation sites (tertiary alicyclic amines) is 1. The number of halogens is 1. The predicted molar refractivity (Wildman–Crippen MR) is 76.4 cm³/mol. The maximum absolute atomic E-state index is 13.2. The summed E-state index contributed by atoms with van der Waals surface area (Å²) in [5, 5.41) is 20.6. The van der Waals surface area contributed by atoms with Crippen molar-refractivity contribution in [2.75, 3.05) is 13.1 Å². The van der Waals surface area contributed by atoms with Crippen molar-refractivity contribution < 1.29 is 24.0 Å². The van der Waals surface area contributed by atoms with Gasteiger partial charge in [0.25, 0.3) is 11.6 Å². The van der Waals surface area contributed by atoms with Gasteiger partial charge in [-0.3, -0.25) is 19.7 Å². The van der Waals surface area contributed by atoms with Gasteiger partial charge in [0, 0.05) is 13.1 Å². The molecule has 1 N–H and O–H groups in total. The van der Waals surface area contributed by atoms with E-state index in [0.717, 1.165) is 25.0 Å². The Bertz CT molecular complexity index is 707. The zero-order valence-corrected chi connectivity index (χ0v) is 12.2. The summed E-state index contributed by atoms with van der Waals surface area (Å²) in [5.41, 5.74) is -1.77. The summed E-state index contributed by atoms with van der Waals surface area (Å²) in [6.07, 6.45) is 2.03. The largest absolute Gasteiger partial charge is 0.481 e. The molecule has 1 aliphatic carbocycles. The number of benzene rings is 1. The second-order valence-corrected chi connectivity index (χ2v) is 6.15. The Hall–Kier alpha value is -2.51. The fourth-order valence-corrected chi connectivity index (χ4v) is 3.80. The quantitative estimate of drug-likeness (QED) is 0.678. The first-order valence-corrected chi connectivity index (χ1v) is 7.32. The minimum absolute atomic E-state index is 0.0420. The van der Waals surface area contributed by atoms with Crippen molar-refractivity contribution in [3.63, 3.8) is 0 Å². The molecule has 1 amide bonds. The first-order chi connectivity index (χ1) is 10.8. The number of nitro groups is 1. The average Bonchev–Trinajstić information content (AvgIpc) is 3.04. The summed E-state index contributed by atoms with van der Waals surface area (Å²) >= 11 is 0. The Morgan fingerprint density at radius 2 is 2.17 bits per heavy atom. The summed E-state index contributed by atoms with van der Waals surface area (Å²) in [4.78, 5) is 35.8. The fraction of sp³-hybridized carbons (Fsp3) is 0.467. The topological polar surface area (TPSA) is 101 Å². The maximum Gasteiger partial charge on any atom is 0.311 e. The molecular weight excluding hydrogens is 307 g/mol. The third-order valence-corrected chi connectivity index (χ3v) is 4.97. The number of carbonyl (C=O) groups excluding carboxylic acids is 1. The summed E-state index contributed by atoms with van der Waals surface area (Å²) in [6, 6.07) is 2.78. The monoisotopic (exact) mass is 322 g/mol. The van der Waals surface area contributed by atoms with Crippen molar-refractivity contribution in [2.24, 2.45) is 11.3 Å². The molecular formula is C15H15FN2O5. The summed E-state index contributed by atoms with van der Waals surface area (Å²) in [6.45, 7) is 0.306. The van der Waals surface area contributed by atoms with Gasteiger partial charge in [-0.15, -0.1) is 0 Å². The van der Waals surface area contributed by atoms with Crippen LogP contribution in [-0.2, 0) is 4.79 Å². The number of carbonyl (C=O) groups is 2. The molecule has 1 saturated heterocycles. The number of hydrogen-bond donors (Lipinski definition) is 1. The lowest BCUT2D eigenvalue weighted by atomic mass is 9.81. The Labute approximate surface area is 130 Å². The molecule has 23 heavy (non-hydrogen) atoms. The van der Waals surface area contributed by atoms with Crippen molar-refractivity contribution in [1.82, 2.24) is 4.90 Å². The van der Waals surface area contributed by atoms with Crippen molar-refractivity contribution in [2.45, 2.75) is 19.3 Å². The van der Waals surface area contributed by atoms with Gasteiger partial charge in [0.05, 0.1) is 16.4 Å². The van der Waals surface area contributed by atoms with E-state index in [4.69, 9.17) is 0 Å². The van der Waals surface area contributed by atoms with Crippen molar-refractivity contribution in [3.05, 3.63) is 39.7 Å². The first-order valence-electron chi connectivity index (χ1n) is 7.32. The van der Waals surface area contributed by atoms with E-state index in [1.807, 2.05) is 0 Å². The van der Waals surface area contributed by atoms with Crippen molar-refractivity contribution >= 4 is 17.6 Å². The highest BCUT2D eigenvalue weighted by Gasteiger charge is 2.56. The van der Waals surface area contributed by atoms with E-state index in [-0.39, 0.29) is 24.6 Å². The molecule has 0 unspecified atom stereocenters.